The number of carbonyl (C=O) groups excluding carboxylic acids is 6. The number of hydrogen-bond acceptors (Lipinski definition) is 12. The Morgan fingerprint density at radius 1 is 0.694 bits per heavy atom. The van der Waals surface area contributed by atoms with E-state index in [0.29, 0.717) is 81.5 Å². The average molecular weight is 867 g/mol. The summed E-state index contributed by atoms with van der Waals surface area (Å²) in [6, 6.07) is 11.0. The number of carbonyl (C=O) groups is 7. The summed E-state index contributed by atoms with van der Waals surface area (Å²) in [7, 11) is 3.08. The van der Waals surface area contributed by atoms with Crippen LogP contribution >= 0.6 is 0 Å². The fraction of sp³-hybridized carbons (Fsp3) is 0.568. The Balaban J connectivity index is 1.74. The molecule has 0 saturated carbocycles. The van der Waals surface area contributed by atoms with Crippen molar-refractivity contribution in [1.29, 1.82) is 0 Å². The summed E-state index contributed by atoms with van der Waals surface area (Å²) in [6.07, 6.45) is 5.79. The highest BCUT2D eigenvalue weighted by molar-refractivity contribution is 5.89. The van der Waals surface area contributed by atoms with E-state index in [9.17, 15) is 38.7 Å². The molecule has 4 N–H and O–H groups in total. The van der Waals surface area contributed by atoms with Gasteiger partial charge in [0.25, 0.3) is 0 Å². The average Bonchev–Trinajstić information content (AvgIpc) is 3.26. The third-order valence-electron chi connectivity index (χ3n) is 9.92. The van der Waals surface area contributed by atoms with Crippen LogP contribution in [-0.2, 0) is 51.5 Å². The van der Waals surface area contributed by atoms with Crippen molar-refractivity contribution in [1.82, 2.24) is 16.0 Å². The van der Waals surface area contributed by atoms with Crippen LogP contribution in [0.2, 0.25) is 0 Å². The Kier molecular flexibility index (Phi) is 25.8. The number of ketones is 2. The molecule has 0 aliphatic heterocycles. The topological polar surface area (TPSA) is 261 Å². The molecule has 3 atom stereocenters. The standard InChI is InChI=1S/C44H62N6O12/c1-31(51)38(14-9-10-26-46-40(53)15-7-5-4-6-13-35(52)28-34(42(55)56)12-8-11-27-47-50-45)48-44(58)49-39(43(57)62-30-33-18-22-37(60-3)23-19-33)24-25-41(54)61-29-32-16-20-36(59-2)21-17-32/h16-23,34,38-39H,4-15,24-30H2,1-3H3,(H,46,53)(H,55,56)(H2,48,49,58). The lowest BCUT2D eigenvalue weighted by molar-refractivity contribution is -0.149. The maximum atomic E-state index is 13.2. The highest BCUT2D eigenvalue weighted by atomic mass is 16.5. The summed E-state index contributed by atoms with van der Waals surface area (Å²) in [4.78, 5) is 90.2. The number of Topliss-reactive ketones (excluding diaryl/α,β-unsaturated/α-hetero) is 2. The molecule has 2 aromatic carbocycles. The summed E-state index contributed by atoms with van der Waals surface area (Å²) in [5.41, 5.74) is 9.73. The number of hydrogen-bond donors (Lipinski definition) is 4. The van der Waals surface area contributed by atoms with E-state index < -0.39 is 41.9 Å². The van der Waals surface area contributed by atoms with E-state index in [2.05, 4.69) is 26.0 Å². The Morgan fingerprint density at radius 2 is 1.27 bits per heavy atom. The van der Waals surface area contributed by atoms with E-state index in [1.54, 1.807) is 55.6 Å². The van der Waals surface area contributed by atoms with Gasteiger partial charge in [-0.05, 0) is 99.2 Å². The van der Waals surface area contributed by atoms with Gasteiger partial charge in [0.05, 0.1) is 26.2 Å². The molecular weight excluding hydrogens is 805 g/mol. The number of azide groups is 1. The van der Waals surface area contributed by atoms with Crippen LogP contribution in [0.1, 0.15) is 114 Å². The molecule has 0 heterocycles. The molecular formula is C44H62N6O12. The highest BCUT2D eigenvalue weighted by Gasteiger charge is 2.26. The van der Waals surface area contributed by atoms with Gasteiger partial charge in [-0.25, -0.2) is 9.59 Å². The third kappa shape index (κ3) is 23.0. The molecule has 0 spiro atoms. The van der Waals surface area contributed by atoms with Crippen molar-refractivity contribution in [3.63, 3.8) is 0 Å². The van der Waals surface area contributed by atoms with Crippen molar-refractivity contribution in [2.45, 2.75) is 129 Å². The second kappa shape index (κ2) is 30.8. The van der Waals surface area contributed by atoms with Crippen LogP contribution in [0.25, 0.3) is 10.4 Å². The molecule has 340 valence electrons. The lowest BCUT2D eigenvalue weighted by Crippen LogP contribution is -2.51. The molecule has 62 heavy (non-hydrogen) atoms. The van der Waals surface area contributed by atoms with Gasteiger partial charge in [0.15, 0.2) is 5.78 Å². The Labute approximate surface area is 362 Å². The number of methoxy groups -OCH3 is 2. The van der Waals surface area contributed by atoms with Crippen LogP contribution in [0.3, 0.4) is 0 Å². The van der Waals surface area contributed by atoms with Crippen molar-refractivity contribution in [2.24, 2.45) is 11.0 Å². The molecule has 3 amide bonds. The van der Waals surface area contributed by atoms with E-state index >= 15 is 0 Å². The van der Waals surface area contributed by atoms with Gasteiger partial charge in [0.1, 0.15) is 36.5 Å². The number of urea groups is 1. The van der Waals surface area contributed by atoms with Crippen molar-refractivity contribution in [2.75, 3.05) is 27.3 Å². The number of rotatable bonds is 33. The number of carboxylic acid groups (broad SMARTS) is 1. The van der Waals surface area contributed by atoms with Crippen molar-refractivity contribution < 1.29 is 57.6 Å². The molecule has 0 bridgehead atoms. The van der Waals surface area contributed by atoms with Crippen LogP contribution in [-0.4, -0.2) is 85.9 Å². The van der Waals surface area contributed by atoms with Gasteiger partial charge in [-0.3, -0.25) is 24.0 Å². The van der Waals surface area contributed by atoms with Gasteiger partial charge in [-0.2, -0.15) is 0 Å². The first-order valence-electron chi connectivity index (χ1n) is 21.0. The summed E-state index contributed by atoms with van der Waals surface area (Å²) in [5, 5.41) is 20.9. The third-order valence-corrected chi connectivity index (χ3v) is 9.92. The smallest absolute Gasteiger partial charge is 0.329 e. The largest absolute Gasteiger partial charge is 0.497 e. The minimum Gasteiger partial charge on any atom is -0.497 e. The summed E-state index contributed by atoms with van der Waals surface area (Å²) in [6.45, 7) is 1.92. The Hall–Kier alpha value is -6.16. The number of nitrogens with zero attached hydrogens (tertiary/aromatic N) is 3. The Morgan fingerprint density at radius 3 is 1.85 bits per heavy atom. The number of amides is 3. The first-order chi connectivity index (χ1) is 29.8. The molecule has 0 saturated heterocycles. The maximum Gasteiger partial charge on any atom is 0.329 e. The monoisotopic (exact) mass is 866 g/mol. The molecule has 3 unspecified atom stereocenters. The zero-order valence-electron chi connectivity index (χ0n) is 36.1. The predicted octanol–water partition coefficient (Wildman–Crippen LogP) is 6.66. The van der Waals surface area contributed by atoms with Gasteiger partial charge in [-0.15, -0.1) is 0 Å². The number of unbranched alkanes of at least 4 members (excludes halogenated alkanes) is 5. The van der Waals surface area contributed by atoms with E-state index in [-0.39, 0.29) is 62.8 Å². The number of carboxylic acids is 1. The molecule has 2 rings (SSSR count). The van der Waals surface area contributed by atoms with E-state index in [1.165, 1.54) is 14.0 Å². The Bertz CT molecular complexity index is 1770. The van der Waals surface area contributed by atoms with E-state index in [1.807, 2.05) is 0 Å². The predicted molar refractivity (Wildman–Crippen MR) is 228 cm³/mol. The summed E-state index contributed by atoms with van der Waals surface area (Å²) in [5.74, 6) is -2.37. The van der Waals surface area contributed by atoms with E-state index in [0.717, 1.165) is 18.4 Å². The van der Waals surface area contributed by atoms with Gasteiger partial charge in [0.2, 0.25) is 5.91 Å². The first kappa shape index (κ1) is 52.0. The van der Waals surface area contributed by atoms with Gasteiger partial charge in [0, 0.05) is 43.7 Å². The highest BCUT2D eigenvalue weighted by Crippen LogP contribution is 2.18. The fourth-order valence-electron chi connectivity index (χ4n) is 6.24. The number of aliphatic carboxylic acids is 1. The molecule has 0 aromatic heterocycles. The lowest BCUT2D eigenvalue weighted by Gasteiger charge is -2.21. The fourth-order valence-corrected chi connectivity index (χ4v) is 6.24. The van der Waals surface area contributed by atoms with Crippen LogP contribution < -0.4 is 25.4 Å². The summed E-state index contributed by atoms with van der Waals surface area (Å²) < 4.78 is 21.1. The van der Waals surface area contributed by atoms with Crippen molar-refractivity contribution in [3.8, 4) is 11.5 Å². The number of benzene rings is 2. The van der Waals surface area contributed by atoms with E-state index in [4.69, 9.17) is 24.5 Å². The molecule has 0 fully saturated rings. The van der Waals surface area contributed by atoms with Crippen molar-refractivity contribution >= 4 is 41.4 Å². The maximum absolute atomic E-state index is 13.2. The van der Waals surface area contributed by atoms with Crippen LogP contribution in [0.5, 0.6) is 11.5 Å². The number of esters is 2. The summed E-state index contributed by atoms with van der Waals surface area (Å²) >= 11 is 0. The molecule has 0 aliphatic rings. The molecule has 18 heteroatoms. The van der Waals surface area contributed by atoms with Crippen LogP contribution in [0, 0.1) is 5.92 Å². The second-order valence-corrected chi connectivity index (χ2v) is 14.8. The SMILES string of the molecule is COc1ccc(COC(=O)CCC(NC(=O)NC(CCCCNC(=O)CCCCCCC(=O)CC(CCCCN=[N+]=[N-])C(=O)O)C(C)=O)C(=O)OCc2ccc(OC)cc2)cc1. The molecule has 0 aliphatic carbocycles. The van der Waals surface area contributed by atoms with Crippen LogP contribution in [0.4, 0.5) is 4.79 Å². The van der Waals surface area contributed by atoms with Crippen LogP contribution in [0.15, 0.2) is 53.6 Å². The minimum atomic E-state index is -1.23. The number of nitrogens with one attached hydrogen (secondary N) is 3. The second-order valence-electron chi connectivity index (χ2n) is 14.8. The molecule has 18 nitrogen and oxygen atoms in total. The molecule has 2 aromatic rings. The normalized spacial score (nSPS) is 12.0. The van der Waals surface area contributed by atoms with Gasteiger partial charge in [-0.1, -0.05) is 48.6 Å². The lowest BCUT2D eigenvalue weighted by atomic mass is 9.94. The number of ether oxygens (including phenoxy) is 4. The van der Waals surface area contributed by atoms with Gasteiger partial charge >= 0.3 is 23.9 Å². The molecule has 0 radical (unpaired) electrons. The zero-order chi connectivity index (χ0) is 45.5. The van der Waals surface area contributed by atoms with Gasteiger partial charge < -0.3 is 40.0 Å². The zero-order valence-corrected chi connectivity index (χ0v) is 36.1. The van der Waals surface area contributed by atoms with Crippen molar-refractivity contribution in [3.05, 3.63) is 70.1 Å². The first-order valence-corrected chi connectivity index (χ1v) is 21.0. The quantitative estimate of drug-likeness (QED) is 0.0193. The minimum absolute atomic E-state index is 0.00383.